The Balaban J connectivity index is 2.28. The summed E-state index contributed by atoms with van der Waals surface area (Å²) in [6, 6.07) is 6.51. The van der Waals surface area contributed by atoms with Crippen LogP contribution in [0.1, 0.15) is 21.5 Å². The van der Waals surface area contributed by atoms with Crippen LogP contribution in [0.25, 0.3) is 0 Å². The Kier molecular flexibility index (Phi) is 4.14. The predicted octanol–water partition coefficient (Wildman–Crippen LogP) is 4.49. The average molecular weight is 299 g/mol. The fraction of sp³-hybridized carbons (Fsp3) is 0.133. The third-order valence-electron chi connectivity index (χ3n) is 2.87. The first kappa shape index (κ1) is 14.6. The smallest absolute Gasteiger partial charge is 0.194 e. The normalized spacial score (nSPS) is 10.7. The fourth-order valence-electron chi connectivity index (χ4n) is 1.79. The van der Waals surface area contributed by atoms with Gasteiger partial charge in [-0.3, -0.25) is 4.79 Å². The Morgan fingerprint density at radius 3 is 2.25 bits per heavy atom. The van der Waals surface area contributed by atoms with Crippen LogP contribution in [-0.4, -0.2) is 5.78 Å². The van der Waals surface area contributed by atoms with E-state index in [0.717, 1.165) is 5.56 Å². The molecule has 0 unspecified atom stereocenters. The molecule has 0 spiro atoms. The highest BCUT2D eigenvalue weighted by molar-refractivity contribution is 6.31. The number of aryl methyl sites for hydroxylation is 1. The number of carbonyl (C=O) groups is 1. The summed E-state index contributed by atoms with van der Waals surface area (Å²) in [6.45, 7) is 1.85. The van der Waals surface area contributed by atoms with Crippen molar-refractivity contribution in [3.8, 4) is 0 Å². The number of benzene rings is 2. The summed E-state index contributed by atoms with van der Waals surface area (Å²) in [5, 5.41) is 0.404. The zero-order valence-electron chi connectivity index (χ0n) is 10.5. The first-order valence-corrected chi connectivity index (χ1v) is 6.19. The van der Waals surface area contributed by atoms with Crippen molar-refractivity contribution in [1.82, 2.24) is 0 Å². The van der Waals surface area contributed by atoms with E-state index in [1.165, 1.54) is 0 Å². The maximum Gasteiger partial charge on any atom is 0.194 e. The van der Waals surface area contributed by atoms with Gasteiger partial charge < -0.3 is 0 Å². The van der Waals surface area contributed by atoms with Gasteiger partial charge in [-0.2, -0.15) is 0 Å². The highest BCUT2D eigenvalue weighted by Crippen LogP contribution is 2.21. The van der Waals surface area contributed by atoms with Gasteiger partial charge in [0, 0.05) is 17.0 Å². The van der Waals surface area contributed by atoms with Gasteiger partial charge in [0.15, 0.2) is 23.2 Å². The molecule has 0 atom stereocenters. The molecule has 0 aliphatic heterocycles. The van der Waals surface area contributed by atoms with Gasteiger partial charge in [-0.05, 0) is 36.2 Å². The molecule has 0 aliphatic carbocycles. The van der Waals surface area contributed by atoms with Crippen molar-refractivity contribution in [3.63, 3.8) is 0 Å². The van der Waals surface area contributed by atoms with Crippen molar-refractivity contribution >= 4 is 17.4 Å². The summed E-state index contributed by atoms with van der Waals surface area (Å²) < 4.78 is 39.0. The van der Waals surface area contributed by atoms with Gasteiger partial charge in [-0.15, -0.1) is 0 Å². The SMILES string of the molecule is Cc1ccc(CC(=O)c2cc(F)c(F)c(F)c2)c(Cl)c1. The molecule has 0 aliphatic rings. The first-order chi connectivity index (χ1) is 9.38. The number of ketones is 1. The molecule has 2 rings (SSSR count). The Morgan fingerprint density at radius 1 is 1.10 bits per heavy atom. The van der Waals surface area contributed by atoms with E-state index in [0.29, 0.717) is 22.7 Å². The molecule has 2 aromatic rings. The van der Waals surface area contributed by atoms with E-state index in [-0.39, 0.29) is 12.0 Å². The van der Waals surface area contributed by atoms with E-state index < -0.39 is 23.2 Å². The van der Waals surface area contributed by atoms with E-state index in [9.17, 15) is 18.0 Å². The van der Waals surface area contributed by atoms with E-state index >= 15 is 0 Å². The van der Waals surface area contributed by atoms with Crippen LogP contribution in [-0.2, 0) is 6.42 Å². The quantitative estimate of drug-likeness (QED) is 0.603. The van der Waals surface area contributed by atoms with Crippen molar-refractivity contribution in [3.05, 3.63) is 69.5 Å². The van der Waals surface area contributed by atoms with E-state index in [2.05, 4.69) is 0 Å². The molecule has 0 heterocycles. The van der Waals surface area contributed by atoms with Gasteiger partial charge in [0.1, 0.15) is 0 Å². The number of hydrogen-bond donors (Lipinski definition) is 0. The third-order valence-corrected chi connectivity index (χ3v) is 3.22. The number of Topliss-reactive ketones (excluding diaryl/α,β-unsaturated/α-hetero) is 1. The Morgan fingerprint density at radius 2 is 1.70 bits per heavy atom. The molecule has 104 valence electrons. The summed E-state index contributed by atoms with van der Waals surface area (Å²) in [4.78, 5) is 12.0. The van der Waals surface area contributed by atoms with Crippen LogP contribution in [0, 0.1) is 24.4 Å². The minimum atomic E-state index is -1.59. The Hall–Kier alpha value is -1.81. The molecular formula is C15H10ClF3O. The van der Waals surface area contributed by atoms with Gasteiger partial charge in [0.2, 0.25) is 0 Å². The van der Waals surface area contributed by atoms with Gasteiger partial charge >= 0.3 is 0 Å². The van der Waals surface area contributed by atoms with Crippen molar-refractivity contribution in [2.75, 3.05) is 0 Å². The second-order valence-corrected chi connectivity index (χ2v) is 4.86. The third kappa shape index (κ3) is 3.02. The van der Waals surface area contributed by atoms with Crippen LogP contribution >= 0.6 is 11.6 Å². The molecule has 0 saturated heterocycles. The standard InChI is InChI=1S/C15H10ClF3O/c1-8-2-3-9(11(16)4-8)7-14(20)10-5-12(17)15(19)13(18)6-10/h2-6H,7H2,1H3. The number of rotatable bonds is 3. The van der Waals surface area contributed by atoms with Gasteiger partial charge in [0.05, 0.1) is 0 Å². The topological polar surface area (TPSA) is 17.1 Å². The van der Waals surface area contributed by atoms with E-state index in [1.807, 2.05) is 6.92 Å². The molecule has 1 nitrogen and oxygen atoms in total. The molecule has 0 N–H and O–H groups in total. The number of carbonyl (C=O) groups excluding carboxylic acids is 1. The lowest BCUT2D eigenvalue weighted by atomic mass is 10.0. The highest BCUT2D eigenvalue weighted by atomic mass is 35.5. The maximum absolute atomic E-state index is 13.1. The lowest BCUT2D eigenvalue weighted by Gasteiger charge is -2.06. The summed E-state index contributed by atoms with van der Waals surface area (Å²) in [5.41, 5.74) is 1.26. The van der Waals surface area contributed by atoms with Crippen molar-refractivity contribution in [2.45, 2.75) is 13.3 Å². The predicted molar refractivity (Wildman–Crippen MR) is 70.5 cm³/mol. The zero-order valence-corrected chi connectivity index (χ0v) is 11.3. The zero-order chi connectivity index (χ0) is 14.9. The molecule has 0 amide bonds. The van der Waals surface area contributed by atoms with Crippen molar-refractivity contribution in [2.24, 2.45) is 0 Å². The summed E-state index contributed by atoms with van der Waals surface area (Å²) in [5.74, 6) is -4.89. The molecule has 0 aromatic heterocycles. The molecule has 0 bridgehead atoms. The largest absolute Gasteiger partial charge is 0.294 e. The molecule has 2 aromatic carbocycles. The fourth-order valence-corrected chi connectivity index (χ4v) is 2.09. The van der Waals surface area contributed by atoms with E-state index in [4.69, 9.17) is 11.6 Å². The van der Waals surface area contributed by atoms with Crippen LogP contribution in [0.4, 0.5) is 13.2 Å². The van der Waals surface area contributed by atoms with Crippen LogP contribution in [0.2, 0.25) is 5.02 Å². The van der Waals surface area contributed by atoms with Crippen LogP contribution in [0.5, 0.6) is 0 Å². The van der Waals surface area contributed by atoms with Crippen molar-refractivity contribution in [1.29, 1.82) is 0 Å². The van der Waals surface area contributed by atoms with Crippen LogP contribution in [0.15, 0.2) is 30.3 Å². The second kappa shape index (κ2) is 5.67. The average Bonchev–Trinajstić information content (AvgIpc) is 2.38. The van der Waals surface area contributed by atoms with Gasteiger partial charge in [-0.1, -0.05) is 23.7 Å². The molecule has 5 heteroatoms. The van der Waals surface area contributed by atoms with Gasteiger partial charge in [0.25, 0.3) is 0 Å². The highest BCUT2D eigenvalue weighted by Gasteiger charge is 2.16. The van der Waals surface area contributed by atoms with Crippen molar-refractivity contribution < 1.29 is 18.0 Å². The number of halogens is 4. The molecule has 0 radical (unpaired) electrons. The molecule has 20 heavy (non-hydrogen) atoms. The monoisotopic (exact) mass is 298 g/mol. The minimum Gasteiger partial charge on any atom is -0.294 e. The summed E-state index contributed by atoms with van der Waals surface area (Å²) in [6.07, 6.45) is -0.108. The summed E-state index contributed by atoms with van der Waals surface area (Å²) in [7, 11) is 0. The van der Waals surface area contributed by atoms with Crippen LogP contribution < -0.4 is 0 Å². The van der Waals surface area contributed by atoms with Crippen LogP contribution in [0.3, 0.4) is 0 Å². The summed E-state index contributed by atoms with van der Waals surface area (Å²) >= 11 is 5.99. The van der Waals surface area contributed by atoms with E-state index in [1.54, 1.807) is 18.2 Å². The second-order valence-electron chi connectivity index (χ2n) is 4.45. The Bertz CT molecular complexity index is 660. The first-order valence-electron chi connectivity index (χ1n) is 5.81. The number of hydrogen-bond acceptors (Lipinski definition) is 1. The lowest BCUT2D eigenvalue weighted by molar-refractivity contribution is 0.0992. The lowest BCUT2D eigenvalue weighted by Crippen LogP contribution is -2.06. The Labute approximate surface area is 119 Å². The maximum atomic E-state index is 13.1. The minimum absolute atomic E-state index is 0.108. The molecule has 0 saturated carbocycles. The molecule has 0 fully saturated rings. The van der Waals surface area contributed by atoms with Gasteiger partial charge in [-0.25, -0.2) is 13.2 Å². The molecular weight excluding hydrogens is 289 g/mol.